The number of benzene rings is 1. The minimum atomic E-state index is 0.292. The fourth-order valence-electron chi connectivity index (χ4n) is 3.04. The second-order valence-electron chi connectivity index (χ2n) is 5.79. The maximum Gasteiger partial charge on any atom is 0.129 e. The standard InChI is InChI=1S/C17H25NO2/c1-4-14-7-5-6-8-16(14)20-17-11-12(2)9-10-15(17)13(3)18-19/h9-11,14,16,19H,4-8H2,1-3H3. The van der Waals surface area contributed by atoms with Gasteiger partial charge in [-0.1, -0.05) is 24.6 Å². The summed E-state index contributed by atoms with van der Waals surface area (Å²) in [6.07, 6.45) is 6.40. The van der Waals surface area contributed by atoms with Gasteiger partial charge in [-0.2, -0.15) is 0 Å². The number of oxime groups is 1. The summed E-state index contributed by atoms with van der Waals surface area (Å²) in [5.74, 6) is 1.49. The molecule has 1 saturated carbocycles. The Bertz CT molecular complexity index is 482. The molecule has 1 aromatic rings. The number of nitrogens with zero attached hydrogens (tertiary/aromatic N) is 1. The third-order valence-corrected chi connectivity index (χ3v) is 4.32. The van der Waals surface area contributed by atoms with Crippen LogP contribution in [0.5, 0.6) is 5.75 Å². The Morgan fingerprint density at radius 1 is 1.35 bits per heavy atom. The maximum absolute atomic E-state index is 9.02. The topological polar surface area (TPSA) is 41.8 Å². The first kappa shape index (κ1) is 14.9. The molecule has 0 spiro atoms. The molecule has 0 saturated heterocycles. The van der Waals surface area contributed by atoms with Crippen molar-refractivity contribution in [3.05, 3.63) is 29.3 Å². The summed E-state index contributed by atoms with van der Waals surface area (Å²) in [6.45, 7) is 6.10. The van der Waals surface area contributed by atoms with Crippen molar-refractivity contribution in [1.82, 2.24) is 0 Å². The molecule has 1 aliphatic carbocycles. The van der Waals surface area contributed by atoms with Gasteiger partial charge < -0.3 is 9.94 Å². The Morgan fingerprint density at radius 3 is 2.80 bits per heavy atom. The average molecular weight is 275 g/mol. The first-order chi connectivity index (χ1) is 9.65. The minimum Gasteiger partial charge on any atom is -0.489 e. The quantitative estimate of drug-likeness (QED) is 0.498. The Labute approximate surface area is 121 Å². The predicted molar refractivity (Wildman–Crippen MR) is 81.8 cm³/mol. The van der Waals surface area contributed by atoms with E-state index in [1.807, 2.05) is 18.2 Å². The van der Waals surface area contributed by atoms with Crippen molar-refractivity contribution in [2.24, 2.45) is 11.1 Å². The van der Waals surface area contributed by atoms with Crippen molar-refractivity contribution in [2.45, 2.75) is 59.0 Å². The normalized spacial score (nSPS) is 23.6. The zero-order valence-corrected chi connectivity index (χ0v) is 12.7. The molecule has 1 fully saturated rings. The van der Waals surface area contributed by atoms with Crippen molar-refractivity contribution in [3.63, 3.8) is 0 Å². The fourth-order valence-corrected chi connectivity index (χ4v) is 3.04. The highest BCUT2D eigenvalue weighted by molar-refractivity contribution is 6.00. The highest BCUT2D eigenvalue weighted by Crippen LogP contribution is 2.32. The van der Waals surface area contributed by atoms with Crippen LogP contribution in [0.4, 0.5) is 0 Å². The van der Waals surface area contributed by atoms with E-state index in [-0.39, 0.29) is 0 Å². The van der Waals surface area contributed by atoms with E-state index in [0.717, 1.165) is 17.7 Å². The Balaban J connectivity index is 2.25. The molecule has 1 N–H and O–H groups in total. The Morgan fingerprint density at radius 2 is 2.10 bits per heavy atom. The number of rotatable bonds is 4. The van der Waals surface area contributed by atoms with Crippen molar-refractivity contribution in [2.75, 3.05) is 0 Å². The van der Waals surface area contributed by atoms with Gasteiger partial charge in [0.25, 0.3) is 0 Å². The Kier molecular flexibility index (Phi) is 5.05. The molecule has 0 radical (unpaired) electrons. The number of hydrogen-bond acceptors (Lipinski definition) is 3. The maximum atomic E-state index is 9.02. The monoisotopic (exact) mass is 275 g/mol. The van der Waals surface area contributed by atoms with E-state index < -0.39 is 0 Å². The molecule has 2 atom stereocenters. The fraction of sp³-hybridized carbons (Fsp3) is 0.588. The summed E-state index contributed by atoms with van der Waals surface area (Å²) in [5, 5.41) is 12.3. The van der Waals surface area contributed by atoms with E-state index in [1.54, 1.807) is 6.92 Å². The third-order valence-electron chi connectivity index (χ3n) is 4.32. The molecule has 1 aliphatic rings. The Hall–Kier alpha value is -1.51. The van der Waals surface area contributed by atoms with Gasteiger partial charge in [0.05, 0.1) is 5.71 Å². The molecule has 20 heavy (non-hydrogen) atoms. The van der Waals surface area contributed by atoms with E-state index in [0.29, 0.717) is 17.7 Å². The van der Waals surface area contributed by atoms with Crippen LogP contribution in [0.2, 0.25) is 0 Å². The average Bonchev–Trinajstić information content (AvgIpc) is 2.47. The van der Waals surface area contributed by atoms with Gasteiger partial charge >= 0.3 is 0 Å². The minimum absolute atomic E-state index is 0.292. The molecular formula is C17H25NO2. The molecule has 2 rings (SSSR count). The molecule has 3 heteroatoms. The van der Waals surface area contributed by atoms with Crippen molar-refractivity contribution >= 4 is 5.71 Å². The largest absolute Gasteiger partial charge is 0.489 e. The molecule has 0 amide bonds. The summed E-state index contributed by atoms with van der Waals surface area (Å²) in [5.41, 5.74) is 2.65. The lowest BCUT2D eigenvalue weighted by Crippen LogP contribution is -2.30. The van der Waals surface area contributed by atoms with Gasteiger partial charge in [-0.05, 0) is 63.1 Å². The van der Waals surface area contributed by atoms with Gasteiger partial charge in [0.15, 0.2) is 0 Å². The van der Waals surface area contributed by atoms with Crippen LogP contribution in [0, 0.1) is 12.8 Å². The summed E-state index contributed by atoms with van der Waals surface area (Å²) >= 11 is 0. The first-order valence-electron chi connectivity index (χ1n) is 7.62. The van der Waals surface area contributed by atoms with Gasteiger partial charge in [-0.3, -0.25) is 0 Å². The van der Waals surface area contributed by atoms with Gasteiger partial charge in [0, 0.05) is 5.56 Å². The number of ether oxygens (including phenoxy) is 1. The first-order valence-corrected chi connectivity index (χ1v) is 7.62. The van der Waals surface area contributed by atoms with E-state index >= 15 is 0 Å². The number of aryl methyl sites for hydroxylation is 1. The zero-order chi connectivity index (χ0) is 14.5. The smallest absolute Gasteiger partial charge is 0.129 e. The van der Waals surface area contributed by atoms with E-state index in [9.17, 15) is 0 Å². The zero-order valence-electron chi connectivity index (χ0n) is 12.7. The lowest BCUT2D eigenvalue weighted by Gasteiger charge is -2.32. The second kappa shape index (κ2) is 6.78. The third kappa shape index (κ3) is 3.33. The van der Waals surface area contributed by atoms with Crippen molar-refractivity contribution in [3.8, 4) is 5.75 Å². The SMILES string of the molecule is CCC1CCCCC1Oc1cc(C)ccc1C(C)=NO. The second-order valence-corrected chi connectivity index (χ2v) is 5.79. The van der Waals surface area contributed by atoms with Crippen LogP contribution in [0.3, 0.4) is 0 Å². The van der Waals surface area contributed by atoms with Crippen LogP contribution < -0.4 is 4.74 Å². The lowest BCUT2D eigenvalue weighted by molar-refractivity contribution is 0.0901. The van der Waals surface area contributed by atoms with Crippen molar-refractivity contribution in [1.29, 1.82) is 0 Å². The molecule has 110 valence electrons. The van der Waals surface area contributed by atoms with E-state index in [1.165, 1.54) is 31.2 Å². The van der Waals surface area contributed by atoms with Crippen LogP contribution in [-0.4, -0.2) is 17.0 Å². The van der Waals surface area contributed by atoms with Gasteiger partial charge in [0.1, 0.15) is 11.9 Å². The van der Waals surface area contributed by atoms with Gasteiger partial charge in [-0.15, -0.1) is 0 Å². The highest BCUT2D eigenvalue weighted by Gasteiger charge is 2.26. The van der Waals surface area contributed by atoms with Gasteiger partial charge in [0.2, 0.25) is 0 Å². The van der Waals surface area contributed by atoms with E-state index in [2.05, 4.69) is 19.0 Å². The van der Waals surface area contributed by atoms with Crippen molar-refractivity contribution < 1.29 is 9.94 Å². The molecule has 2 unspecified atom stereocenters. The summed E-state index contributed by atoms with van der Waals surface area (Å²) < 4.78 is 6.30. The summed E-state index contributed by atoms with van der Waals surface area (Å²) in [7, 11) is 0. The molecule has 1 aromatic carbocycles. The molecular weight excluding hydrogens is 250 g/mol. The van der Waals surface area contributed by atoms with Gasteiger partial charge in [-0.25, -0.2) is 0 Å². The lowest BCUT2D eigenvalue weighted by atomic mass is 9.84. The molecule has 0 bridgehead atoms. The molecule has 3 nitrogen and oxygen atoms in total. The predicted octanol–water partition coefficient (Wildman–Crippen LogP) is 4.54. The molecule has 0 aromatic heterocycles. The summed E-state index contributed by atoms with van der Waals surface area (Å²) in [6, 6.07) is 6.05. The van der Waals surface area contributed by atoms with Crippen LogP contribution >= 0.6 is 0 Å². The van der Waals surface area contributed by atoms with Crippen LogP contribution in [-0.2, 0) is 0 Å². The number of hydrogen-bond donors (Lipinski definition) is 1. The summed E-state index contributed by atoms with van der Waals surface area (Å²) in [4.78, 5) is 0. The van der Waals surface area contributed by atoms with E-state index in [4.69, 9.17) is 9.94 Å². The van der Waals surface area contributed by atoms with Crippen LogP contribution in [0.1, 0.15) is 57.1 Å². The molecule has 0 aliphatic heterocycles. The molecule has 0 heterocycles. The van der Waals surface area contributed by atoms with Crippen LogP contribution in [0.25, 0.3) is 0 Å². The highest BCUT2D eigenvalue weighted by atomic mass is 16.5. The van der Waals surface area contributed by atoms with Crippen LogP contribution in [0.15, 0.2) is 23.4 Å².